The van der Waals surface area contributed by atoms with Gasteiger partial charge in [0.05, 0.1) is 11.4 Å². The number of hydrogen-bond acceptors (Lipinski definition) is 9. The molecule has 3 fully saturated rings. The van der Waals surface area contributed by atoms with Crippen molar-refractivity contribution in [2.24, 2.45) is 5.92 Å². The fourth-order valence-electron chi connectivity index (χ4n) is 8.24. The number of carbonyl (C=O) groups is 5. The van der Waals surface area contributed by atoms with Crippen LogP contribution >= 0.6 is 0 Å². The van der Waals surface area contributed by atoms with Crippen molar-refractivity contribution in [2.45, 2.75) is 118 Å². The van der Waals surface area contributed by atoms with E-state index in [9.17, 15) is 32.4 Å². The van der Waals surface area contributed by atoms with Gasteiger partial charge >= 0.3 is 12.2 Å². The number of nitrogens with one attached hydrogen (secondary N) is 3. The maximum absolute atomic E-state index is 14.5. The number of sulfonamides is 1. The topological polar surface area (TPSA) is 181 Å². The molecule has 1 saturated heterocycles. The molecule has 2 aromatic carbocycles. The van der Waals surface area contributed by atoms with Crippen molar-refractivity contribution in [3.63, 3.8) is 0 Å². The van der Waals surface area contributed by atoms with Gasteiger partial charge in [-0.3, -0.25) is 14.4 Å². The molecular formula is C40H49N5O9S. The number of fused-ring (bicyclic) bond motifs is 3. The number of hydrogen-bond donors (Lipinski definition) is 3. The molecule has 5 atom stereocenters. The molecule has 0 aromatic heterocycles. The zero-order valence-electron chi connectivity index (χ0n) is 30.8. The normalized spacial score (nSPS) is 27.3. The SMILES string of the molecule is O=C(N[C@H]1CCCCCC=C[C@@H]2C[C@@]2(C(=O)NS(=O)(=O)c2ccccc2)NC(=O)[C@@H]2C[C@@H](OC(=O)N3CCc4ccccc4C3)CN2C1=O)OC1CCCC1. The minimum absolute atomic E-state index is 0.0620. The molecule has 3 aliphatic heterocycles. The van der Waals surface area contributed by atoms with Crippen LogP contribution in [-0.2, 0) is 46.8 Å². The predicted octanol–water partition coefficient (Wildman–Crippen LogP) is 4.09. The van der Waals surface area contributed by atoms with E-state index in [1.807, 2.05) is 36.4 Å². The zero-order chi connectivity index (χ0) is 38.6. The second-order valence-electron chi connectivity index (χ2n) is 15.3. The highest BCUT2D eigenvalue weighted by atomic mass is 32.2. The molecule has 2 aromatic rings. The molecule has 0 unspecified atom stereocenters. The number of nitrogens with zero attached hydrogens (tertiary/aromatic N) is 2. The summed E-state index contributed by atoms with van der Waals surface area (Å²) in [6, 6.07) is 13.1. The Balaban J connectivity index is 1.13. The van der Waals surface area contributed by atoms with Crippen LogP contribution in [0.1, 0.15) is 81.8 Å². The van der Waals surface area contributed by atoms with E-state index in [2.05, 4.69) is 15.4 Å². The summed E-state index contributed by atoms with van der Waals surface area (Å²) in [6.07, 6.45) is 8.69. The number of alkyl carbamates (subject to hydrolysis) is 1. The lowest BCUT2D eigenvalue weighted by atomic mass is 10.0. The first-order valence-corrected chi connectivity index (χ1v) is 20.9. The van der Waals surface area contributed by atoms with Crippen LogP contribution in [0.2, 0.25) is 0 Å². The van der Waals surface area contributed by atoms with Crippen molar-refractivity contribution in [1.29, 1.82) is 0 Å². The van der Waals surface area contributed by atoms with Crippen LogP contribution in [0.4, 0.5) is 9.59 Å². The van der Waals surface area contributed by atoms with Crippen LogP contribution in [0.3, 0.4) is 0 Å². The molecule has 3 heterocycles. The number of allylic oxidation sites excluding steroid dienone is 1. The lowest BCUT2D eigenvalue weighted by Crippen LogP contribution is -2.58. The van der Waals surface area contributed by atoms with E-state index in [4.69, 9.17) is 9.47 Å². The van der Waals surface area contributed by atoms with Gasteiger partial charge in [0.1, 0.15) is 29.8 Å². The molecule has 55 heavy (non-hydrogen) atoms. The van der Waals surface area contributed by atoms with Crippen LogP contribution in [0.5, 0.6) is 0 Å². The third kappa shape index (κ3) is 8.82. The highest BCUT2D eigenvalue weighted by Gasteiger charge is 2.61. The lowest BCUT2D eigenvalue weighted by Gasteiger charge is -2.30. The van der Waals surface area contributed by atoms with Crippen molar-refractivity contribution in [1.82, 2.24) is 25.2 Å². The van der Waals surface area contributed by atoms with E-state index >= 15 is 0 Å². The fourth-order valence-corrected chi connectivity index (χ4v) is 9.30. The number of benzene rings is 2. The minimum atomic E-state index is -4.26. The predicted molar refractivity (Wildman–Crippen MR) is 200 cm³/mol. The number of carbonyl (C=O) groups excluding carboxylic acids is 5. The lowest BCUT2D eigenvalue weighted by molar-refractivity contribution is -0.141. The summed E-state index contributed by atoms with van der Waals surface area (Å²) in [4.78, 5) is 72.1. The van der Waals surface area contributed by atoms with Crippen LogP contribution in [0.25, 0.3) is 0 Å². The van der Waals surface area contributed by atoms with Gasteiger partial charge in [0, 0.05) is 25.4 Å². The molecule has 294 valence electrons. The quantitative estimate of drug-likeness (QED) is 0.365. The maximum Gasteiger partial charge on any atom is 0.410 e. The summed E-state index contributed by atoms with van der Waals surface area (Å²) >= 11 is 0. The van der Waals surface area contributed by atoms with Gasteiger partial charge in [0.2, 0.25) is 11.8 Å². The number of ether oxygens (including phenoxy) is 2. The Morgan fingerprint density at radius 1 is 0.855 bits per heavy atom. The average molecular weight is 776 g/mol. The number of rotatable bonds is 6. The Morgan fingerprint density at radius 2 is 1.58 bits per heavy atom. The summed E-state index contributed by atoms with van der Waals surface area (Å²) in [6.45, 7) is 0.693. The van der Waals surface area contributed by atoms with Crippen LogP contribution in [0.15, 0.2) is 71.6 Å². The monoisotopic (exact) mass is 775 g/mol. The molecule has 0 bridgehead atoms. The van der Waals surface area contributed by atoms with Gasteiger partial charge in [-0.05, 0) is 81.0 Å². The summed E-state index contributed by atoms with van der Waals surface area (Å²) in [5.74, 6) is -2.60. The Morgan fingerprint density at radius 3 is 2.36 bits per heavy atom. The third-order valence-corrected chi connectivity index (χ3v) is 12.8. The molecule has 14 nitrogen and oxygen atoms in total. The fraction of sp³-hybridized carbons (Fsp3) is 0.525. The van der Waals surface area contributed by atoms with Gasteiger partial charge in [-0.2, -0.15) is 0 Å². The minimum Gasteiger partial charge on any atom is -0.446 e. The zero-order valence-corrected chi connectivity index (χ0v) is 31.6. The first kappa shape index (κ1) is 38.4. The molecule has 7 rings (SSSR count). The highest BCUT2D eigenvalue weighted by Crippen LogP contribution is 2.46. The Labute approximate surface area is 321 Å². The average Bonchev–Trinajstić information content (AvgIpc) is 3.44. The largest absolute Gasteiger partial charge is 0.446 e. The molecule has 2 aliphatic carbocycles. The van der Waals surface area contributed by atoms with Gasteiger partial charge in [-0.1, -0.05) is 67.5 Å². The first-order chi connectivity index (χ1) is 26.5. The Hall–Kier alpha value is -4.92. The molecule has 2 saturated carbocycles. The summed E-state index contributed by atoms with van der Waals surface area (Å²) in [5, 5.41) is 5.60. The standard InChI is InChI=1S/C40H49N5O9S/c46-35-34-23-31(54-39(50)44-22-21-27-13-9-10-14-28(27)25-44)26-45(34)36(47)33(41-38(49)53-30-16-11-12-17-30)20-8-3-1-2-5-15-29-24-40(29,42-35)37(48)43-55(51,52)32-18-6-4-7-19-32/h4-7,9-10,13-15,18-19,29-31,33-34H,1-3,8,11-12,16-17,20-26H2,(H,41,49)(H,42,46)(H,43,48)/t29-,31-,33+,34+,40-/m1/s1. The maximum atomic E-state index is 14.5. The van der Waals surface area contributed by atoms with Crippen LogP contribution < -0.4 is 15.4 Å². The van der Waals surface area contributed by atoms with Crippen molar-refractivity contribution in [3.8, 4) is 0 Å². The van der Waals surface area contributed by atoms with E-state index in [1.54, 1.807) is 23.1 Å². The molecule has 0 radical (unpaired) electrons. The van der Waals surface area contributed by atoms with Crippen molar-refractivity contribution in [3.05, 3.63) is 77.9 Å². The molecule has 0 spiro atoms. The van der Waals surface area contributed by atoms with Crippen molar-refractivity contribution >= 4 is 39.9 Å². The smallest absolute Gasteiger partial charge is 0.410 e. The molecule has 3 N–H and O–H groups in total. The van der Waals surface area contributed by atoms with E-state index in [-0.39, 0.29) is 30.4 Å². The molecule has 5 aliphatic rings. The third-order valence-electron chi connectivity index (χ3n) is 11.4. The Bertz CT molecular complexity index is 1920. The molecular weight excluding hydrogens is 727 g/mol. The van der Waals surface area contributed by atoms with Gasteiger partial charge < -0.3 is 29.9 Å². The molecule has 15 heteroatoms. The van der Waals surface area contributed by atoms with Gasteiger partial charge in [0.15, 0.2) is 0 Å². The van der Waals surface area contributed by atoms with Crippen LogP contribution in [0, 0.1) is 5.92 Å². The number of amides is 5. The molecule has 5 amide bonds. The second kappa shape index (κ2) is 16.4. The van der Waals surface area contributed by atoms with Crippen molar-refractivity contribution in [2.75, 3.05) is 13.1 Å². The van der Waals surface area contributed by atoms with E-state index in [1.165, 1.54) is 17.0 Å². The van der Waals surface area contributed by atoms with Gasteiger partial charge in [0.25, 0.3) is 15.9 Å². The van der Waals surface area contributed by atoms with Crippen molar-refractivity contribution < 1.29 is 41.9 Å². The van der Waals surface area contributed by atoms with E-state index in [0.717, 1.165) is 49.7 Å². The summed E-state index contributed by atoms with van der Waals surface area (Å²) in [7, 11) is -4.26. The van der Waals surface area contributed by atoms with Gasteiger partial charge in [-0.15, -0.1) is 0 Å². The first-order valence-electron chi connectivity index (χ1n) is 19.4. The second-order valence-corrected chi connectivity index (χ2v) is 17.0. The summed E-state index contributed by atoms with van der Waals surface area (Å²) < 4.78 is 40.2. The summed E-state index contributed by atoms with van der Waals surface area (Å²) in [5.41, 5.74) is 0.584. The van der Waals surface area contributed by atoms with Crippen LogP contribution in [-0.4, -0.2) is 91.0 Å². The van der Waals surface area contributed by atoms with Gasteiger partial charge in [-0.25, -0.2) is 22.7 Å². The van der Waals surface area contributed by atoms with E-state index < -0.39 is 69.6 Å². The highest BCUT2D eigenvalue weighted by molar-refractivity contribution is 7.90. The Kier molecular flexibility index (Phi) is 11.5. The van der Waals surface area contributed by atoms with E-state index in [0.29, 0.717) is 38.8 Å².